The molecule has 0 aromatic heterocycles. The summed E-state index contributed by atoms with van der Waals surface area (Å²) in [5.74, 6) is -0.316. The number of hydrogen-bond acceptors (Lipinski definition) is 4. The third kappa shape index (κ3) is 4.91. The van der Waals surface area contributed by atoms with Crippen molar-refractivity contribution in [2.24, 2.45) is 0 Å². The molecule has 132 valence electrons. The minimum atomic E-state index is -0.316. The van der Waals surface area contributed by atoms with Crippen molar-refractivity contribution in [3.63, 3.8) is 0 Å². The number of rotatable bonds is 6. The van der Waals surface area contributed by atoms with E-state index in [0.717, 1.165) is 24.8 Å². The Hall–Kier alpha value is -2.17. The van der Waals surface area contributed by atoms with Crippen LogP contribution in [0.5, 0.6) is 0 Å². The first-order chi connectivity index (χ1) is 12.3. The van der Waals surface area contributed by atoms with Gasteiger partial charge in [0.2, 0.25) is 0 Å². The Balaban J connectivity index is 1.51. The second-order valence-electron chi connectivity index (χ2n) is 6.29. The second kappa shape index (κ2) is 8.79. The Kier molecular flexibility index (Phi) is 6.20. The van der Waals surface area contributed by atoms with E-state index in [2.05, 4.69) is 12.1 Å². The molecule has 25 heavy (non-hydrogen) atoms. The monoisotopic (exact) mass is 340 g/mol. The number of carbonyl (C=O) groups excluding carboxylic acids is 1. The zero-order chi connectivity index (χ0) is 17.5. The largest absolute Gasteiger partial charge is 0.465 e. The number of methoxy groups -OCH3 is 1. The van der Waals surface area contributed by atoms with Crippen molar-refractivity contribution in [2.45, 2.75) is 38.1 Å². The number of esters is 1. The Morgan fingerprint density at radius 1 is 1.08 bits per heavy atom. The van der Waals surface area contributed by atoms with Crippen molar-refractivity contribution >= 4 is 5.97 Å². The first kappa shape index (κ1) is 17.6. The SMILES string of the molecule is COC(=O)c1ccc(C2CCC[C@@H](COCc3ccccc3)O2)cc1. The van der Waals surface area contributed by atoms with E-state index in [4.69, 9.17) is 14.2 Å². The van der Waals surface area contributed by atoms with E-state index in [1.807, 2.05) is 30.3 Å². The van der Waals surface area contributed by atoms with Gasteiger partial charge in [-0.05, 0) is 42.5 Å². The van der Waals surface area contributed by atoms with Gasteiger partial charge in [0, 0.05) is 0 Å². The van der Waals surface area contributed by atoms with Crippen LogP contribution in [0.2, 0.25) is 0 Å². The zero-order valence-corrected chi connectivity index (χ0v) is 14.5. The molecule has 1 aliphatic rings. The minimum Gasteiger partial charge on any atom is -0.465 e. The van der Waals surface area contributed by atoms with Gasteiger partial charge in [0.1, 0.15) is 0 Å². The normalized spacial score (nSPS) is 20.2. The van der Waals surface area contributed by atoms with E-state index in [-0.39, 0.29) is 18.2 Å². The smallest absolute Gasteiger partial charge is 0.337 e. The van der Waals surface area contributed by atoms with Gasteiger partial charge < -0.3 is 14.2 Å². The van der Waals surface area contributed by atoms with Crippen molar-refractivity contribution in [1.29, 1.82) is 0 Å². The molecule has 0 bridgehead atoms. The van der Waals surface area contributed by atoms with Crippen LogP contribution in [0.3, 0.4) is 0 Å². The molecular formula is C21H24O4. The van der Waals surface area contributed by atoms with Gasteiger partial charge in [0.05, 0.1) is 38.1 Å². The minimum absolute atomic E-state index is 0.0609. The van der Waals surface area contributed by atoms with E-state index in [9.17, 15) is 4.79 Å². The van der Waals surface area contributed by atoms with Crippen LogP contribution >= 0.6 is 0 Å². The van der Waals surface area contributed by atoms with Crippen LogP contribution in [0.15, 0.2) is 54.6 Å². The highest BCUT2D eigenvalue weighted by atomic mass is 16.5. The highest BCUT2D eigenvalue weighted by Gasteiger charge is 2.24. The summed E-state index contributed by atoms with van der Waals surface area (Å²) in [5.41, 5.74) is 2.83. The summed E-state index contributed by atoms with van der Waals surface area (Å²) in [6, 6.07) is 17.6. The van der Waals surface area contributed by atoms with Gasteiger partial charge in [-0.15, -0.1) is 0 Å². The summed E-state index contributed by atoms with van der Waals surface area (Å²) in [4.78, 5) is 11.5. The molecule has 2 atom stereocenters. The second-order valence-corrected chi connectivity index (χ2v) is 6.29. The van der Waals surface area contributed by atoms with Crippen LogP contribution in [0, 0.1) is 0 Å². The molecule has 1 unspecified atom stereocenters. The first-order valence-corrected chi connectivity index (χ1v) is 8.71. The Labute approximate surface area is 148 Å². The van der Waals surface area contributed by atoms with Crippen LogP contribution in [0.4, 0.5) is 0 Å². The summed E-state index contributed by atoms with van der Waals surface area (Å²) in [6.07, 6.45) is 3.30. The molecule has 1 saturated heterocycles. The number of benzene rings is 2. The molecule has 2 aromatic carbocycles. The van der Waals surface area contributed by atoms with Crippen molar-refractivity contribution in [2.75, 3.05) is 13.7 Å². The Morgan fingerprint density at radius 3 is 2.56 bits per heavy atom. The van der Waals surface area contributed by atoms with Gasteiger partial charge in [-0.25, -0.2) is 4.79 Å². The molecule has 1 heterocycles. The van der Waals surface area contributed by atoms with Crippen molar-refractivity contribution in [1.82, 2.24) is 0 Å². The van der Waals surface area contributed by atoms with Crippen molar-refractivity contribution in [3.8, 4) is 0 Å². The molecule has 0 aliphatic carbocycles. The van der Waals surface area contributed by atoms with E-state index in [1.165, 1.54) is 12.7 Å². The maximum absolute atomic E-state index is 11.5. The summed E-state index contributed by atoms with van der Waals surface area (Å²) in [7, 11) is 1.39. The molecule has 0 spiro atoms. The quantitative estimate of drug-likeness (QED) is 0.736. The predicted molar refractivity (Wildman–Crippen MR) is 95.3 cm³/mol. The molecule has 0 saturated carbocycles. The third-order valence-corrected chi connectivity index (χ3v) is 4.47. The van der Waals surface area contributed by atoms with Gasteiger partial charge in [-0.2, -0.15) is 0 Å². The lowest BCUT2D eigenvalue weighted by Crippen LogP contribution is -2.26. The molecule has 2 aromatic rings. The summed E-state index contributed by atoms with van der Waals surface area (Å²) in [5, 5.41) is 0. The van der Waals surface area contributed by atoms with E-state index < -0.39 is 0 Å². The standard InChI is InChI=1S/C21H24O4/c1-23-21(22)18-12-10-17(11-13-18)20-9-5-8-19(25-20)15-24-14-16-6-3-2-4-7-16/h2-4,6-7,10-13,19-20H,5,8-9,14-15H2,1H3/t19-,20?/m0/s1. The highest BCUT2D eigenvalue weighted by Crippen LogP contribution is 2.31. The van der Waals surface area contributed by atoms with Crippen LogP contribution in [-0.4, -0.2) is 25.8 Å². The van der Waals surface area contributed by atoms with Crippen LogP contribution < -0.4 is 0 Å². The molecule has 4 heteroatoms. The molecule has 0 radical (unpaired) electrons. The lowest BCUT2D eigenvalue weighted by Gasteiger charge is -2.30. The first-order valence-electron chi connectivity index (χ1n) is 8.71. The van der Waals surface area contributed by atoms with Gasteiger partial charge >= 0.3 is 5.97 Å². The van der Waals surface area contributed by atoms with Crippen LogP contribution in [0.25, 0.3) is 0 Å². The molecule has 3 rings (SSSR count). The molecule has 1 aliphatic heterocycles. The topological polar surface area (TPSA) is 44.8 Å². The van der Waals surface area contributed by atoms with E-state index in [0.29, 0.717) is 18.8 Å². The van der Waals surface area contributed by atoms with Crippen molar-refractivity contribution in [3.05, 3.63) is 71.3 Å². The van der Waals surface area contributed by atoms with E-state index >= 15 is 0 Å². The number of ether oxygens (including phenoxy) is 3. The fraction of sp³-hybridized carbons (Fsp3) is 0.381. The van der Waals surface area contributed by atoms with Crippen LogP contribution in [-0.2, 0) is 20.8 Å². The fourth-order valence-corrected chi connectivity index (χ4v) is 3.10. The summed E-state index contributed by atoms with van der Waals surface area (Å²) >= 11 is 0. The molecular weight excluding hydrogens is 316 g/mol. The Morgan fingerprint density at radius 2 is 1.84 bits per heavy atom. The van der Waals surface area contributed by atoms with Crippen molar-refractivity contribution < 1.29 is 19.0 Å². The Bertz CT molecular complexity index is 666. The number of hydrogen-bond donors (Lipinski definition) is 0. The average molecular weight is 340 g/mol. The molecule has 4 nitrogen and oxygen atoms in total. The average Bonchev–Trinajstić information content (AvgIpc) is 2.68. The molecule has 0 amide bonds. The maximum Gasteiger partial charge on any atom is 0.337 e. The zero-order valence-electron chi connectivity index (χ0n) is 14.5. The summed E-state index contributed by atoms with van der Waals surface area (Å²) in [6.45, 7) is 1.21. The molecule has 1 fully saturated rings. The van der Waals surface area contributed by atoms with Gasteiger partial charge in [0.25, 0.3) is 0 Å². The highest BCUT2D eigenvalue weighted by molar-refractivity contribution is 5.89. The van der Waals surface area contributed by atoms with Crippen LogP contribution in [0.1, 0.15) is 46.9 Å². The fourth-order valence-electron chi connectivity index (χ4n) is 3.10. The third-order valence-electron chi connectivity index (χ3n) is 4.47. The van der Waals surface area contributed by atoms with Gasteiger partial charge in [-0.3, -0.25) is 0 Å². The maximum atomic E-state index is 11.5. The lowest BCUT2D eigenvalue weighted by atomic mass is 9.98. The number of carbonyl (C=O) groups is 1. The predicted octanol–water partition coefficient (Wildman–Crippen LogP) is 4.30. The summed E-state index contributed by atoms with van der Waals surface area (Å²) < 4.78 is 16.8. The van der Waals surface area contributed by atoms with Gasteiger partial charge in [-0.1, -0.05) is 42.5 Å². The van der Waals surface area contributed by atoms with Gasteiger partial charge in [0.15, 0.2) is 0 Å². The lowest BCUT2D eigenvalue weighted by molar-refractivity contribution is -0.0905. The van der Waals surface area contributed by atoms with E-state index in [1.54, 1.807) is 12.1 Å². The molecule has 0 N–H and O–H groups in total.